The predicted octanol–water partition coefficient (Wildman–Crippen LogP) is 4.67. The number of esters is 2. The van der Waals surface area contributed by atoms with Crippen molar-refractivity contribution < 1.29 is 23.5 Å². The lowest BCUT2D eigenvalue weighted by Gasteiger charge is -2.07. The van der Waals surface area contributed by atoms with Gasteiger partial charge in [0.1, 0.15) is 17.1 Å². The largest absolute Gasteiger partial charge is 0.465 e. The summed E-state index contributed by atoms with van der Waals surface area (Å²) in [6.07, 6.45) is 0. The number of carbonyl (C=O) groups is 2. The molecule has 2 aromatic carbocycles. The highest BCUT2D eigenvalue weighted by Crippen LogP contribution is 2.36. The van der Waals surface area contributed by atoms with Crippen molar-refractivity contribution in [2.24, 2.45) is 0 Å². The third-order valence-electron chi connectivity index (χ3n) is 3.94. The number of benzene rings is 2. The third-order valence-corrected chi connectivity index (χ3v) is 5.26. The van der Waals surface area contributed by atoms with Crippen LogP contribution in [-0.2, 0) is 9.47 Å². The molecule has 0 spiro atoms. The van der Waals surface area contributed by atoms with E-state index in [9.17, 15) is 14.0 Å². The molecule has 28 heavy (non-hydrogen) atoms. The predicted molar refractivity (Wildman–Crippen MR) is 104 cm³/mol. The Kier molecular flexibility index (Phi) is 5.81. The van der Waals surface area contributed by atoms with Gasteiger partial charge in [0.2, 0.25) is 0 Å². The van der Waals surface area contributed by atoms with Crippen molar-refractivity contribution in [1.29, 1.82) is 0 Å². The highest BCUT2D eigenvalue weighted by atomic mass is 79.9. The van der Waals surface area contributed by atoms with E-state index in [0.717, 1.165) is 7.11 Å². The standard InChI is InChI=1S/C19H13BrClFN2O4/c1-27-18(25)13-16(11-8-9-12(21)14(20)15(11)22)23-24(17(13)19(26)28-2)10-6-4-3-5-7-10/h3-9H,1-2H3. The van der Waals surface area contributed by atoms with Gasteiger partial charge in [-0.3, -0.25) is 0 Å². The van der Waals surface area contributed by atoms with Crippen LogP contribution in [0.5, 0.6) is 0 Å². The lowest BCUT2D eigenvalue weighted by molar-refractivity contribution is 0.0549. The average molecular weight is 468 g/mol. The fourth-order valence-corrected chi connectivity index (χ4v) is 3.14. The number of rotatable bonds is 4. The summed E-state index contributed by atoms with van der Waals surface area (Å²) < 4.78 is 25.7. The summed E-state index contributed by atoms with van der Waals surface area (Å²) in [6, 6.07) is 11.4. The van der Waals surface area contributed by atoms with E-state index in [1.807, 2.05) is 0 Å². The Hall–Kier alpha value is -2.71. The van der Waals surface area contributed by atoms with E-state index < -0.39 is 17.8 Å². The highest BCUT2D eigenvalue weighted by molar-refractivity contribution is 9.10. The molecule has 0 unspecified atom stereocenters. The van der Waals surface area contributed by atoms with Gasteiger partial charge in [0, 0.05) is 5.56 Å². The maximum absolute atomic E-state index is 14.9. The van der Waals surface area contributed by atoms with Gasteiger partial charge >= 0.3 is 11.9 Å². The number of hydrogen-bond acceptors (Lipinski definition) is 5. The lowest BCUT2D eigenvalue weighted by atomic mass is 10.0. The number of para-hydroxylation sites is 1. The molecule has 3 aromatic rings. The Bertz CT molecular complexity index is 1070. The van der Waals surface area contributed by atoms with E-state index in [-0.39, 0.29) is 32.0 Å². The monoisotopic (exact) mass is 466 g/mol. The quantitative estimate of drug-likeness (QED) is 0.412. The minimum absolute atomic E-state index is 0.0105. The minimum atomic E-state index is -0.858. The first-order valence-electron chi connectivity index (χ1n) is 7.89. The van der Waals surface area contributed by atoms with E-state index in [2.05, 4.69) is 21.0 Å². The maximum Gasteiger partial charge on any atom is 0.357 e. The number of nitrogens with zero attached hydrogens (tertiary/aromatic N) is 2. The molecule has 3 rings (SSSR count). The zero-order valence-electron chi connectivity index (χ0n) is 14.7. The van der Waals surface area contributed by atoms with Gasteiger partial charge in [-0.25, -0.2) is 18.7 Å². The fraction of sp³-hybridized carbons (Fsp3) is 0.105. The smallest absolute Gasteiger partial charge is 0.357 e. The number of methoxy groups -OCH3 is 2. The van der Waals surface area contributed by atoms with Crippen LogP contribution < -0.4 is 0 Å². The SMILES string of the molecule is COC(=O)c1c(-c2ccc(Cl)c(Br)c2F)nn(-c2ccccc2)c1C(=O)OC. The van der Waals surface area contributed by atoms with E-state index in [0.29, 0.717) is 5.69 Å². The molecule has 1 heterocycles. The number of hydrogen-bond donors (Lipinski definition) is 0. The average Bonchev–Trinajstić information content (AvgIpc) is 3.12. The summed E-state index contributed by atoms with van der Waals surface area (Å²) in [7, 11) is 2.33. The van der Waals surface area contributed by atoms with Gasteiger partial charge in [-0.15, -0.1) is 0 Å². The van der Waals surface area contributed by atoms with Crippen LogP contribution in [0.25, 0.3) is 16.9 Å². The molecule has 0 amide bonds. The van der Waals surface area contributed by atoms with Crippen LogP contribution in [-0.4, -0.2) is 35.9 Å². The Morgan fingerprint density at radius 3 is 2.32 bits per heavy atom. The molecule has 144 valence electrons. The zero-order chi connectivity index (χ0) is 20.4. The molecule has 0 atom stereocenters. The Morgan fingerprint density at radius 1 is 1.07 bits per heavy atom. The maximum atomic E-state index is 14.9. The molecule has 0 aliphatic heterocycles. The van der Waals surface area contributed by atoms with Gasteiger partial charge < -0.3 is 9.47 Å². The Labute approximate surface area is 172 Å². The fourth-order valence-electron chi connectivity index (χ4n) is 2.65. The molecule has 0 aliphatic carbocycles. The first kappa shape index (κ1) is 20.0. The first-order chi connectivity index (χ1) is 13.4. The van der Waals surface area contributed by atoms with Crippen LogP contribution in [0.3, 0.4) is 0 Å². The van der Waals surface area contributed by atoms with Crippen molar-refractivity contribution in [3.8, 4) is 16.9 Å². The normalized spacial score (nSPS) is 10.6. The van der Waals surface area contributed by atoms with E-state index >= 15 is 0 Å². The number of aromatic nitrogens is 2. The number of ether oxygens (including phenoxy) is 2. The summed E-state index contributed by atoms with van der Waals surface area (Å²) in [5.74, 6) is -2.41. The van der Waals surface area contributed by atoms with Crippen molar-refractivity contribution in [1.82, 2.24) is 9.78 Å². The molecule has 6 nitrogen and oxygen atoms in total. The van der Waals surface area contributed by atoms with Gasteiger partial charge in [-0.05, 0) is 40.2 Å². The summed E-state index contributed by atoms with van der Waals surface area (Å²) in [5.41, 5.74) is -0.0254. The minimum Gasteiger partial charge on any atom is -0.465 e. The molecule has 9 heteroatoms. The summed E-state index contributed by atoms with van der Waals surface area (Å²) in [4.78, 5) is 25.0. The van der Waals surface area contributed by atoms with E-state index in [1.54, 1.807) is 30.3 Å². The molecular formula is C19H13BrClFN2O4. The highest BCUT2D eigenvalue weighted by Gasteiger charge is 2.32. The molecule has 0 bridgehead atoms. The summed E-state index contributed by atoms with van der Waals surface area (Å²) in [6.45, 7) is 0. The van der Waals surface area contributed by atoms with Crippen molar-refractivity contribution in [3.63, 3.8) is 0 Å². The molecule has 0 fully saturated rings. The van der Waals surface area contributed by atoms with Crippen LogP contribution in [0.1, 0.15) is 20.8 Å². The molecule has 0 saturated heterocycles. The van der Waals surface area contributed by atoms with Crippen LogP contribution in [0.15, 0.2) is 46.9 Å². The molecule has 0 N–H and O–H groups in total. The van der Waals surface area contributed by atoms with Crippen molar-refractivity contribution in [2.45, 2.75) is 0 Å². The topological polar surface area (TPSA) is 70.4 Å². The van der Waals surface area contributed by atoms with Crippen LogP contribution in [0.2, 0.25) is 5.02 Å². The molecule has 0 aliphatic rings. The van der Waals surface area contributed by atoms with Gasteiger partial charge in [0.05, 0.1) is 29.4 Å². The molecule has 1 aromatic heterocycles. The van der Waals surface area contributed by atoms with Gasteiger partial charge in [-0.2, -0.15) is 5.10 Å². The first-order valence-corrected chi connectivity index (χ1v) is 9.06. The van der Waals surface area contributed by atoms with Crippen molar-refractivity contribution in [2.75, 3.05) is 14.2 Å². The molecular weight excluding hydrogens is 455 g/mol. The van der Waals surface area contributed by atoms with Crippen LogP contribution in [0, 0.1) is 5.82 Å². The molecule has 0 radical (unpaired) electrons. The second-order valence-corrected chi connectivity index (χ2v) is 6.73. The Morgan fingerprint density at radius 2 is 1.71 bits per heavy atom. The zero-order valence-corrected chi connectivity index (χ0v) is 17.0. The molecule has 0 saturated carbocycles. The summed E-state index contributed by atoms with van der Waals surface area (Å²) >= 11 is 9.00. The second-order valence-electron chi connectivity index (χ2n) is 5.53. The van der Waals surface area contributed by atoms with Crippen LogP contribution in [0.4, 0.5) is 4.39 Å². The van der Waals surface area contributed by atoms with E-state index in [4.69, 9.17) is 21.1 Å². The Balaban J connectivity index is 2.41. The van der Waals surface area contributed by atoms with Gasteiger partial charge in [-0.1, -0.05) is 29.8 Å². The second kappa shape index (κ2) is 8.12. The lowest BCUT2D eigenvalue weighted by Crippen LogP contribution is -2.15. The summed E-state index contributed by atoms with van der Waals surface area (Å²) in [5, 5.41) is 4.48. The number of carbonyl (C=O) groups excluding carboxylic acids is 2. The van der Waals surface area contributed by atoms with Crippen molar-refractivity contribution >= 4 is 39.5 Å². The van der Waals surface area contributed by atoms with Gasteiger partial charge in [0.15, 0.2) is 5.69 Å². The third kappa shape index (κ3) is 3.41. The van der Waals surface area contributed by atoms with Crippen LogP contribution >= 0.6 is 27.5 Å². The van der Waals surface area contributed by atoms with E-state index in [1.165, 1.54) is 23.9 Å². The van der Waals surface area contributed by atoms with Crippen molar-refractivity contribution in [3.05, 3.63) is 69.0 Å². The number of halogens is 3. The van der Waals surface area contributed by atoms with Gasteiger partial charge in [0.25, 0.3) is 0 Å².